The molecule has 0 saturated carbocycles. The Morgan fingerprint density at radius 2 is 2.28 bits per heavy atom. The van der Waals surface area contributed by atoms with Crippen LogP contribution in [0.2, 0.25) is 0 Å². The molecule has 1 heterocycles. The number of imidazole rings is 1. The SMILES string of the molecule is Cc1ccccc1OCC(=O)NCc1cnc[nH]1. The molecule has 1 aromatic carbocycles. The molecule has 94 valence electrons. The minimum absolute atomic E-state index is 0.0129. The standard InChI is InChI=1S/C13H15N3O2/c1-10-4-2-3-5-12(10)18-8-13(17)15-7-11-6-14-9-16-11/h2-6,9H,7-8H2,1H3,(H,14,16)(H,15,17). The van der Waals surface area contributed by atoms with Crippen LogP contribution in [0.5, 0.6) is 5.75 Å². The Kier molecular flexibility index (Phi) is 3.96. The van der Waals surface area contributed by atoms with E-state index in [2.05, 4.69) is 15.3 Å². The largest absolute Gasteiger partial charge is 0.484 e. The van der Waals surface area contributed by atoms with E-state index in [0.717, 1.165) is 17.0 Å². The number of nitrogens with zero attached hydrogens (tertiary/aromatic N) is 1. The Morgan fingerprint density at radius 3 is 3.00 bits per heavy atom. The number of carbonyl (C=O) groups is 1. The van der Waals surface area contributed by atoms with Gasteiger partial charge in [-0.05, 0) is 18.6 Å². The monoisotopic (exact) mass is 245 g/mol. The number of nitrogens with one attached hydrogen (secondary N) is 2. The molecule has 0 aliphatic rings. The zero-order chi connectivity index (χ0) is 12.8. The Morgan fingerprint density at radius 1 is 1.44 bits per heavy atom. The number of ether oxygens (including phenoxy) is 1. The predicted molar refractivity (Wildman–Crippen MR) is 67.1 cm³/mol. The number of amides is 1. The lowest BCUT2D eigenvalue weighted by molar-refractivity contribution is -0.123. The highest BCUT2D eigenvalue weighted by atomic mass is 16.5. The Hall–Kier alpha value is -2.30. The first-order valence-corrected chi connectivity index (χ1v) is 5.68. The van der Waals surface area contributed by atoms with Gasteiger partial charge in [0.25, 0.3) is 5.91 Å². The second-order valence-electron chi connectivity index (χ2n) is 3.91. The maximum absolute atomic E-state index is 11.6. The Labute approximate surface area is 105 Å². The number of H-pyrrole nitrogens is 1. The second-order valence-corrected chi connectivity index (χ2v) is 3.91. The number of rotatable bonds is 5. The van der Waals surface area contributed by atoms with Gasteiger partial charge >= 0.3 is 0 Å². The second kappa shape index (κ2) is 5.86. The van der Waals surface area contributed by atoms with Crippen molar-refractivity contribution in [1.29, 1.82) is 0 Å². The van der Waals surface area contributed by atoms with E-state index >= 15 is 0 Å². The molecule has 0 fully saturated rings. The number of aryl methyl sites for hydroxylation is 1. The third kappa shape index (κ3) is 3.35. The van der Waals surface area contributed by atoms with Crippen molar-refractivity contribution in [2.75, 3.05) is 6.61 Å². The van der Waals surface area contributed by atoms with Crippen LogP contribution in [0.15, 0.2) is 36.8 Å². The number of hydrogen-bond donors (Lipinski definition) is 2. The molecule has 18 heavy (non-hydrogen) atoms. The van der Waals surface area contributed by atoms with Gasteiger partial charge < -0.3 is 15.0 Å². The van der Waals surface area contributed by atoms with E-state index in [9.17, 15) is 4.79 Å². The average molecular weight is 245 g/mol. The van der Waals surface area contributed by atoms with Crippen molar-refractivity contribution < 1.29 is 9.53 Å². The summed E-state index contributed by atoms with van der Waals surface area (Å²) in [5.41, 5.74) is 1.87. The highest BCUT2D eigenvalue weighted by molar-refractivity contribution is 5.77. The van der Waals surface area contributed by atoms with E-state index in [1.165, 1.54) is 0 Å². The molecule has 2 N–H and O–H groups in total. The summed E-state index contributed by atoms with van der Waals surface area (Å²) in [5.74, 6) is 0.571. The molecule has 5 nitrogen and oxygen atoms in total. The zero-order valence-corrected chi connectivity index (χ0v) is 10.1. The van der Waals surface area contributed by atoms with Gasteiger partial charge in [-0.15, -0.1) is 0 Å². The fourth-order valence-electron chi connectivity index (χ4n) is 1.49. The van der Waals surface area contributed by atoms with Crippen LogP contribution in [0.25, 0.3) is 0 Å². The molecule has 5 heteroatoms. The van der Waals surface area contributed by atoms with E-state index in [1.54, 1.807) is 12.5 Å². The molecule has 1 aromatic heterocycles. The van der Waals surface area contributed by atoms with Crippen molar-refractivity contribution in [3.05, 3.63) is 48.0 Å². The molecule has 0 radical (unpaired) electrons. The molecule has 0 bridgehead atoms. The minimum atomic E-state index is -0.159. The number of aromatic amines is 1. The number of benzene rings is 1. The van der Waals surface area contributed by atoms with Gasteiger partial charge in [-0.25, -0.2) is 4.98 Å². The first kappa shape index (κ1) is 12.2. The van der Waals surface area contributed by atoms with E-state index in [-0.39, 0.29) is 12.5 Å². The van der Waals surface area contributed by atoms with Gasteiger partial charge in [0.05, 0.1) is 18.6 Å². The van der Waals surface area contributed by atoms with Gasteiger partial charge in [0, 0.05) is 6.20 Å². The van der Waals surface area contributed by atoms with E-state index in [1.807, 2.05) is 31.2 Å². The fourth-order valence-corrected chi connectivity index (χ4v) is 1.49. The lowest BCUT2D eigenvalue weighted by atomic mass is 10.2. The summed E-state index contributed by atoms with van der Waals surface area (Å²) in [6.07, 6.45) is 3.24. The topological polar surface area (TPSA) is 67.0 Å². The zero-order valence-electron chi connectivity index (χ0n) is 10.1. The molecule has 1 amide bonds. The third-order valence-electron chi connectivity index (χ3n) is 2.48. The summed E-state index contributed by atoms with van der Waals surface area (Å²) in [5, 5.41) is 2.74. The summed E-state index contributed by atoms with van der Waals surface area (Å²) >= 11 is 0. The summed E-state index contributed by atoms with van der Waals surface area (Å²) < 4.78 is 5.43. The van der Waals surface area contributed by atoms with Gasteiger partial charge in [-0.3, -0.25) is 4.79 Å². The molecule has 0 atom stereocenters. The van der Waals surface area contributed by atoms with Crippen molar-refractivity contribution in [3.63, 3.8) is 0 Å². The van der Waals surface area contributed by atoms with Crippen LogP contribution in [-0.4, -0.2) is 22.5 Å². The van der Waals surface area contributed by atoms with Crippen molar-refractivity contribution >= 4 is 5.91 Å². The van der Waals surface area contributed by atoms with E-state index in [4.69, 9.17) is 4.74 Å². The molecule has 0 aliphatic heterocycles. The lowest BCUT2D eigenvalue weighted by Gasteiger charge is -2.08. The van der Waals surface area contributed by atoms with Crippen molar-refractivity contribution in [3.8, 4) is 5.75 Å². The van der Waals surface area contributed by atoms with Gasteiger partial charge in [0.1, 0.15) is 5.75 Å². The van der Waals surface area contributed by atoms with Crippen LogP contribution < -0.4 is 10.1 Å². The highest BCUT2D eigenvalue weighted by Crippen LogP contribution is 2.15. The normalized spacial score (nSPS) is 10.1. The Bertz CT molecular complexity index is 509. The van der Waals surface area contributed by atoms with Crippen molar-refractivity contribution in [2.45, 2.75) is 13.5 Å². The number of para-hydroxylation sites is 1. The molecule has 0 unspecified atom stereocenters. The quantitative estimate of drug-likeness (QED) is 0.837. The summed E-state index contributed by atoms with van der Waals surface area (Å²) in [6, 6.07) is 7.60. The van der Waals surface area contributed by atoms with Crippen LogP contribution in [0.4, 0.5) is 0 Å². The maximum Gasteiger partial charge on any atom is 0.258 e. The smallest absolute Gasteiger partial charge is 0.258 e. The molecule has 0 aliphatic carbocycles. The van der Waals surface area contributed by atoms with Gasteiger partial charge in [-0.2, -0.15) is 0 Å². The summed E-state index contributed by atoms with van der Waals surface area (Å²) in [6.45, 7) is 2.38. The van der Waals surface area contributed by atoms with E-state index < -0.39 is 0 Å². The minimum Gasteiger partial charge on any atom is -0.484 e. The highest BCUT2D eigenvalue weighted by Gasteiger charge is 2.04. The van der Waals surface area contributed by atoms with Crippen LogP contribution >= 0.6 is 0 Å². The van der Waals surface area contributed by atoms with Gasteiger partial charge in [-0.1, -0.05) is 18.2 Å². The molecule has 2 aromatic rings. The Balaban J connectivity index is 1.77. The summed E-state index contributed by atoms with van der Waals surface area (Å²) in [4.78, 5) is 18.3. The van der Waals surface area contributed by atoms with Gasteiger partial charge in [0.2, 0.25) is 0 Å². The van der Waals surface area contributed by atoms with E-state index in [0.29, 0.717) is 6.54 Å². The molecular formula is C13H15N3O2. The predicted octanol–water partition coefficient (Wildman–Crippen LogP) is 1.41. The fraction of sp³-hybridized carbons (Fsp3) is 0.231. The first-order chi connectivity index (χ1) is 8.75. The molecule has 0 spiro atoms. The molecular weight excluding hydrogens is 230 g/mol. The third-order valence-corrected chi connectivity index (χ3v) is 2.48. The van der Waals surface area contributed by atoms with Crippen LogP contribution in [0.3, 0.4) is 0 Å². The number of carbonyl (C=O) groups excluding carboxylic acids is 1. The first-order valence-electron chi connectivity index (χ1n) is 5.68. The number of hydrogen-bond acceptors (Lipinski definition) is 3. The molecule has 2 rings (SSSR count). The van der Waals surface area contributed by atoms with Crippen LogP contribution in [-0.2, 0) is 11.3 Å². The van der Waals surface area contributed by atoms with Crippen molar-refractivity contribution in [2.24, 2.45) is 0 Å². The van der Waals surface area contributed by atoms with Crippen molar-refractivity contribution in [1.82, 2.24) is 15.3 Å². The van der Waals surface area contributed by atoms with Crippen LogP contribution in [0, 0.1) is 6.92 Å². The average Bonchev–Trinajstić information content (AvgIpc) is 2.88. The lowest BCUT2D eigenvalue weighted by Crippen LogP contribution is -2.28. The number of aromatic nitrogens is 2. The molecule has 0 saturated heterocycles. The summed E-state index contributed by atoms with van der Waals surface area (Å²) in [7, 11) is 0. The van der Waals surface area contributed by atoms with Crippen LogP contribution in [0.1, 0.15) is 11.3 Å². The maximum atomic E-state index is 11.6. The van der Waals surface area contributed by atoms with Gasteiger partial charge in [0.15, 0.2) is 6.61 Å².